The third-order valence-corrected chi connectivity index (χ3v) is 4.33. The number of hydrogen-bond acceptors (Lipinski definition) is 4. The van der Waals surface area contributed by atoms with Gasteiger partial charge in [0, 0.05) is 18.7 Å². The fraction of sp³-hybridized carbons (Fsp3) is 0.316. The van der Waals surface area contributed by atoms with E-state index in [2.05, 4.69) is 11.1 Å². The lowest BCUT2D eigenvalue weighted by atomic mass is 9.91. The molecule has 2 aromatic rings. The Bertz CT molecular complexity index is 737. The van der Waals surface area contributed by atoms with Crippen LogP contribution in [0.25, 0.3) is 0 Å². The van der Waals surface area contributed by atoms with Gasteiger partial charge in [-0.25, -0.2) is 0 Å². The Morgan fingerprint density at radius 2 is 1.61 bits per heavy atom. The van der Waals surface area contributed by atoms with Crippen LogP contribution in [0.3, 0.4) is 0 Å². The van der Waals surface area contributed by atoms with Crippen LogP contribution < -0.4 is 0 Å². The third kappa shape index (κ3) is 3.34. The third-order valence-electron chi connectivity index (χ3n) is 4.33. The number of rotatable bonds is 5. The van der Waals surface area contributed by atoms with Crippen LogP contribution >= 0.6 is 0 Å². The van der Waals surface area contributed by atoms with Gasteiger partial charge in [0.25, 0.3) is 0 Å². The van der Waals surface area contributed by atoms with E-state index < -0.39 is 0 Å². The number of hydrogen-bond donors (Lipinski definition) is 3. The molecule has 0 saturated heterocycles. The van der Waals surface area contributed by atoms with Gasteiger partial charge in [0.2, 0.25) is 0 Å². The number of aliphatic hydroxyl groups is 3. The van der Waals surface area contributed by atoms with Crippen LogP contribution in [-0.2, 0) is 32.7 Å². The molecule has 0 bridgehead atoms. The van der Waals surface area contributed by atoms with E-state index in [4.69, 9.17) is 0 Å². The van der Waals surface area contributed by atoms with Crippen LogP contribution in [0.4, 0.5) is 0 Å². The molecule has 0 saturated carbocycles. The SMILES string of the molecule is OCc1ccc2c(c1)CCN=C2Cc1ccc(CO)c(CO)c1. The van der Waals surface area contributed by atoms with E-state index in [1.165, 1.54) is 5.56 Å². The molecule has 0 unspecified atom stereocenters. The number of benzene rings is 2. The molecular formula is C19H21NO3. The van der Waals surface area contributed by atoms with Crippen molar-refractivity contribution in [3.8, 4) is 0 Å². The minimum absolute atomic E-state index is 0.0578. The lowest BCUT2D eigenvalue weighted by Crippen LogP contribution is -2.16. The van der Waals surface area contributed by atoms with Crippen LogP contribution in [0.1, 0.15) is 33.4 Å². The highest BCUT2D eigenvalue weighted by Crippen LogP contribution is 2.21. The molecule has 0 amide bonds. The monoisotopic (exact) mass is 311 g/mol. The minimum Gasteiger partial charge on any atom is -0.392 e. The molecule has 23 heavy (non-hydrogen) atoms. The zero-order valence-electron chi connectivity index (χ0n) is 13.0. The second kappa shape index (κ2) is 7.04. The predicted molar refractivity (Wildman–Crippen MR) is 89.5 cm³/mol. The van der Waals surface area contributed by atoms with E-state index in [0.717, 1.165) is 46.5 Å². The molecule has 1 aliphatic heterocycles. The summed E-state index contributed by atoms with van der Waals surface area (Å²) < 4.78 is 0. The molecule has 120 valence electrons. The van der Waals surface area contributed by atoms with Crippen molar-refractivity contribution in [3.05, 3.63) is 69.8 Å². The van der Waals surface area contributed by atoms with Crippen LogP contribution in [0.5, 0.6) is 0 Å². The van der Waals surface area contributed by atoms with Gasteiger partial charge in [-0.3, -0.25) is 4.99 Å². The van der Waals surface area contributed by atoms with E-state index in [0.29, 0.717) is 6.42 Å². The quantitative estimate of drug-likeness (QED) is 0.788. The first-order valence-electron chi connectivity index (χ1n) is 7.84. The second-order valence-electron chi connectivity index (χ2n) is 5.82. The van der Waals surface area contributed by atoms with Crippen LogP contribution in [-0.4, -0.2) is 27.6 Å². The molecule has 0 aliphatic carbocycles. The van der Waals surface area contributed by atoms with E-state index >= 15 is 0 Å². The summed E-state index contributed by atoms with van der Waals surface area (Å²) in [5.74, 6) is 0. The van der Waals surface area contributed by atoms with Gasteiger partial charge in [-0.1, -0.05) is 36.4 Å². The summed E-state index contributed by atoms with van der Waals surface area (Å²) in [6, 6.07) is 11.8. The number of aliphatic imine (C=N–C) groups is 1. The van der Waals surface area contributed by atoms with Gasteiger partial charge in [0.1, 0.15) is 0 Å². The summed E-state index contributed by atoms with van der Waals surface area (Å²) in [6.07, 6.45) is 1.60. The van der Waals surface area contributed by atoms with Gasteiger partial charge >= 0.3 is 0 Å². The largest absolute Gasteiger partial charge is 0.392 e. The van der Waals surface area contributed by atoms with Crippen molar-refractivity contribution in [2.75, 3.05) is 6.54 Å². The number of fused-ring (bicyclic) bond motifs is 1. The number of aliphatic hydroxyl groups excluding tert-OH is 3. The van der Waals surface area contributed by atoms with Gasteiger partial charge in [0.05, 0.1) is 19.8 Å². The van der Waals surface area contributed by atoms with E-state index in [1.807, 2.05) is 30.3 Å². The average Bonchev–Trinajstić information content (AvgIpc) is 2.61. The van der Waals surface area contributed by atoms with E-state index in [-0.39, 0.29) is 19.8 Å². The molecule has 1 heterocycles. The first-order chi connectivity index (χ1) is 11.2. The molecule has 0 radical (unpaired) electrons. The van der Waals surface area contributed by atoms with Crippen LogP contribution in [0.2, 0.25) is 0 Å². The molecule has 3 N–H and O–H groups in total. The van der Waals surface area contributed by atoms with E-state index in [1.54, 1.807) is 0 Å². The highest BCUT2D eigenvalue weighted by atomic mass is 16.3. The highest BCUT2D eigenvalue weighted by Gasteiger charge is 2.15. The molecule has 0 aromatic heterocycles. The van der Waals surface area contributed by atoms with E-state index in [9.17, 15) is 15.3 Å². The summed E-state index contributed by atoms with van der Waals surface area (Å²) >= 11 is 0. The first kappa shape index (κ1) is 15.9. The minimum atomic E-state index is -0.0767. The van der Waals surface area contributed by atoms with Crippen LogP contribution in [0, 0.1) is 0 Å². The van der Waals surface area contributed by atoms with Crippen molar-refractivity contribution in [2.24, 2.45) is 4.99 Å². The van der Waals surface area contributed by atoms with Gasteiger partial charge in [-0.15, -0.1) is 0 Å². The molecular weight excluding hydrogens is 290 g/mol. The molecule has 4 heteroatoms. The van der Waals surface area contributed by atoms with Gasteiger partial charge in [-0.05, 0) is 39.8 Å². The maximum Gasteiger partial charge on any atom is 0.0685 e. The fourth-order valence-corrected chi connectivity index (χ4v) is 3.07. The zero-order valence-corrected chi connectivity index (χ0v) is 13.0. The summed E-state index contributed by atoms with van der Waals surface area (Å²) in [5, 5.41) is 28.0. The van der Waals surface area contributed by atoms with Crippen LogP contribution in [0.15, 0.2) is 41.4 Å². The lowest BCUT2D eigenvalue weighted by molar-refractivity contribution is 0.260. The molecule has 0 atom stereocenters. The molecule has 2 aromatic carbocycles. The fourth-order valence-electron chi connectivity index (χ4n) is 3.07. The topological polar surface area (TPSA) is 73.1 Å². The summed E-state index contributed by atoms with van der Waals surface area (Å²) in [4.78, 5) is 4.66. The van der Waals surface area contributed by atoms with Crippen molar-refractivity contribution in [1.82, 2.24) is 0 Å². The molecule has 3 rings (SSSR count). The molecule has 4 nitrogen and oxygen atoms in total. The smallest absolute Gasteiger partial charge is 0.0685 e. The molecule has 0 fully saturated rings. The Morgan fingerprint density at radius 1 is 0.826 bits per heavy atom. The summed E-state index contributed by atoms with van der Waals surface area (Å²) in [5.41, 5.74) is 6.94. The zero-order chi connectivity index (χ0) is 16.2. The molecule has 0 spiro atoms. The van der Waals surface area contributed by atoms with Gasteiger partial charge in [0.15, 0.2) is 0 Å². The van der Waals surface area contributed by atoms with Crippen molar-refractivity contribution in [2.45, 2.75) is 32.7 Å². The summed E-state index contributed by atoms with van der Waals surface area (Å²) in [6.45, 7) is 0.678. The Balaban J connectivity index is 1.88. The first-order valence-corrected chi connectivity index (χ1v) is 7.84. The Morgan fingerprint density at radius 3 is 2.35 bits per heavy atom. The predicted octanol–water partition coefficient (Wildman–Crippen LogP) is 1.75. The lowest BCUT2D eigenvalue weighted by Gasteiger charge is -2.18. The van der Waals surface area contributed by atoms with Gasteiger partial charge in [-0.2, -0.15) is 0 Å². The Hall–Kier alpha value is -2.01. The highest BCUT2D eigenvalue weighted by molar-refractivity contribution is 6.03. The Kier molecular flexibility index (Phi) is 4.86. The normalized spacial score (nSPS) is 13.6. The standard InChI is InChI=1S/C19H21NO3/c21-10-14-2-4-18-15(8-14)5-6-20-19(18)9-13-1-3-16(11-22)17(7-13)12-23/h1-4,7-8,21-23H,5-6,9-12H2. The molecule has 1 aliphatic rings. The van der Waals surface area contributed by atoms with Crippen molar-refractivity contribution in [1.29, 1.82) is 0 Å². The number of nitrogens with zero attached hydrogens (tertiary/aromatic N) is 1. The van der Waals surface area contributed by atoms with Gasteiger partial charge < -0.3 is 15.3 Å². The van der Waals surface area contributed by atoms with Crippen molar-refractivity contribution >= 4 is 5.71 Å². The second-order valence-corrected chi connectivity index (χ2v) is 5.82. The maximum absolute atomic E-state index is 9.43. The average molecular weight is 311 g/mol. The maximum atomic E-state index is 9.43. The van der Waals surface area contributed by atoms with Crippen molar-refractivity contribution in [3.63, 3.8) is 0 Å². The summed E-state index contributed by atoms with van der Waals surface area (Å²) in [7, 11) is 0. The van der Waals surface area contributed by atoms with Crippen molar-refractivity contribution < 1.29 is 15.3 Å². The Labute approximate surface area is 135 Å².